The third kappa shape index (κ3) is 1.78. The zero-order valence-corrected chi connectivity index (χ0v) is 6.70. The molecule has 0 aliphatic heterocycles. The number of nitrogens with zero attached hydrogens (tertiary/aromatic N) is 2. The van der Waals surface area contributed by atoms with Crippen molar-refractivity contribution in [3.05, 3.63) is 29.6 Å². The summed E-state index contributed by atoms with van der Waals surface area (Å²) in [6.07, 6.45) is 1.78. The fraction of sp³-hybridized carbons (Fsp3) is 0.333. The molecule has 1 rings (SSSR count). The number of hydrogen-bond acceptors (Lipinski definition) is 2. The van der Waals surface area contributed by atoms with Gasteiger partial charge < -0.3 is 0 Å². The van der Waals surface area contributed by atoms with Crippen LogP contribution >= 0.6 is 0 Å². The lowest BCUT2D eigenvalue weighted by Crippen LogP contribution is -1.92. The molecule has 0 aromatic carbocycles. The lowest BCUT2D eigenvalue weighted by molar-refractivity contribution is 0.916. The zero-order valence-electron chi connectivity index (χ0n) is 6.70. The van der Waals surface area contributed by atoms with Gasteiger partial charge in [0.2, 0.25) is 0 Å². The van der Waals surface area contributed by atoms with Crippen LogP contribution in [0.4, 0.5) is 0 Å². The summed E-state index contributed by atoms with van der Waals surface area (Å²) >= 11 is 0. The third-order valence-corrected chi connectivity index (χ3v) is 1.57. The molecular weight excluding hydrogens is 136 g/mol. The molecule has 0 radical (unpaired) electrons. The normalized spacial score (nSPS) is 12.1. The number of aromatic nitrogens is 1. The van der Waals surface area contributed by atoms with Gasteiger partial charge in [-0.05, 0) is 25.5 Å². The van der Waals surface area contributed by atoms with Gasteiger partial charge in [0.05, 0.1) is 17.7 Å². The molecule has 1 unspecified atom stereocenters. The van der Waals surface area contributed by atoms with Crippen LogP contribution in [0.25, 0.3) is 0 Å². The minimum atomic E-state index is -0.101. The molecule has 0 saturated heterocycles. The number of aryl methyl sites for hydroxylation is 1. The molecule has 0 bridgehead atoms. The number of pyridine rings is 1. The highest BCUT2D eigenvalue weighted by Gasteiger charge is 2.02. The van der Waals surface area contributed by atoms with Gasteiger partial charge in [0.25, 0.3) is 0 Å². The topological polar surface area (TPSA) is 36.7 Å². The van der Waals surface area contributed by atoms with E-state index in [0.717, 1.165) is 11.3 Å². The van der Waals surface area contributed by atoms with E-state index in [9.17, 15) is 0 Å². The van der Waals surface area contributed by atoms with Crippen molar-refractivity contribution in [2.24, 2.45) is 0 Å². The largest absolute Gasteiger partial charge is 0.260 e. The maximum atomic E-state index is 8.57. The molecule has 1 heterocycles. The van der Waals surface area contributed by atoms with E-state index < -0.39 is 0 Å². The van der Waals surface area contributed by atoms with Crippen molar-refractivity contribution in [2.75, 3.05) is 0 Å². The number of hydrogen-bond donors (Lipinski definition) is 0. The van der Waals surface area contributed by atoms with Crippen molar-refractivity contribution in [2.45, 2.75) is 19.8 Å². The maximum Gasteiger partial charge on any atom is 0.0856 e. The SMILES string of the molecule is Cc1ccc(C(C)C#N)nc1. The average Bonchev–Trinajstić information content (AvgIpc) is 2.05. The van der Waals surface area contributed by atoms with E-state index in [2.05, 4.69) is 11.1 Å². The monoisotopic (exact) mass is 146 g/mol. The van der Waals surface area contributed by atoms with Gasteiger partial charge in [-0.3, -0.25) is 4.98 Å². The van der Waals surface area contributed by atoms with Crippen LogP contribution < -0.4 is 0 Å². The lowest BCUT2D eigenvalue weighted by Gasteiger charge is -2.00. The molecule has 11 heavy (non-hydrogen) atoms. The predicted molar refractivity (Wildman–Crippen MR) is 43.0 cm³/mol. The molecular formula is C9H10N2. The Morgan fingerprint density at radius 1 is 1.55 bits per heavy atom. The summed E-state index contributed by atoms with van der Waals surface area (Å²) in [5.74, 6) is -0.101. The first-order chi connectivity index (χ1) is 5.24. The molecule has 0 saturated carbocycles. The van der Waals surface area contributed by atoms with E-state index in [1.165, 1.54) is 0 Å². The van der Waals surface area contributed by atoms with Crippen molar-refractivity contribution in [1.82, 2.24) is 4.98 Å². The fourth-order valence-electron chi connectivity index (χ4n) is 0.802. The van der Waals surface area contributed by atoms with Crippen molar-refractivity contribution in [3.8, 4) is 6.07 Å². The van der Waals surface area contributed by atoms with Crippen molar-refractivity contribution < 1.29 is 0 Å². The summed E-state index contributed by atoms with van der Waals surface area (Å²) in [6, 6.07) is 6.00. The van der Waals surface area contributed by atoms with Gasteiger partial charge in [0.15, 0.2) is 0 Å². The van der Waals surface area contributed by atoms with Crippen LogP contribution in [0.1, 0.15) is 24.1 Å². The van der Waals surface area contributed by atoms with Gasteiger partial charge >= 0.3 is 0 Å². The van der Waals surface area contributed by atoms with Crippen molar-refractivity contribution in [1.29, 1.82) is 5.26 Å². The Morgan fingerprint density at radius 2 is 2.27 bits per heavy atom. The van der Waals surface area contributed by atoms with E-state index in [4.69, 9.17) is 5.26 Å². The van der Waals surface area contributed by atoms with Gasteiger partial charge in [-0.2, -0.15) is 5.26 Å². The quantitative estimate of drug-likeness (QED) is 0.607. The highest BCUT2D eigenvalue weighted by Crippen LogP contribution is 2.10. The second-order valence-corrected chi connectivity index (χ2v) is 2.61. The number of rotatable bonds is 1. The van der Waals surface area contributed by atoms with E-state index >= 15 is 0 Å². The Morgan fingerprint density at radius 3 is 2.73 bits per heavy atom. The van der Waals surface area contributed by atoms with Gasteiger partial charge in [-0.25, -0.2) is 0 Å². The van der Waals surface area contributed by atoms with Crippen LogP contribution in [-0.2, 0) is 0 Å². The third-order valence-electron chi connectivity index (χ3n) is 1.57. The van der Waals surface area contributed by atoms with Crippen LogP contribution in [0.2, 0.25) is 0 Å². The predicted octanol–water partition coefficient (Wildman–Crippen LogP) is 2.02. The summed E-state index contributed by atoms with van der Waals surface area (Å²) in [5, 5.41) is 8.57. The molecule has 0 N–H and O–H groups in total. The maximum absolute atomic E-state index is 8.57. The Kier molecular flexibility index (Phi) is 2.22. The lowest BCUT2D eigenvalue weighted by atomic mass is 10.1. The molecule has 56 valence electrons. The molecule has 1 atom stereocenters. The molecule has 0 aliphatic carbocycles. The van der Waals surface area contributed by atoms with Gasteiger partial charge in [0.1, 0.15) is 0 Å². The molecule has 0 spiro atoms. The molecule has 0 aliphatic rings. The smallest absolute Gasteiger partial charge is 0.0856 e. The Balaban J connectivity index is 2.92. The van der Waals surface area contributed by atoms with Crippen molar-refractivity contribution in [3.63, 3.8) is 0 Å². The summed E-state index contributed by atoms with van der Waals surface area (Å²) < 4.78 is 0. The first-order valence-electron chi connectivity index (χ1n) is 3.56. The van der Waals surface area contributed by atoms with Crippen molar-refractivity contribution >= 4 is 0 Å². The van der Waals surface area contributed by atoms with Crippen LogP contribution in [0, 0.1) is 18.3 Å². The van der Waals surface area contributed by atoms with E-state index in [1.807, 2.05) is 26.0 Å². The summed E-state index contributed by atoms with van der Waals surface area (Å²) in [7, 11) is 0. The number of nitriles is 1. The Hall–Kier alpha value is -1.36. The first-order valence-corrected chi connectivity index (χ1v) is 3.56. The van der Waals surface area contributed by atoms with Crippen LogP contribution in [0.15, 0.2) is 18.3 Å². The summed E-state index contributed by atoms with van der Waals surface area (Å²) in [6.45, 7) is 3.82. The summed E-state index contributed by atoms with van der Waals surface area (Å²) in [5.41, 5.74) is 1.97. The summed E-state index contributed by atoms with van der Waals surface area (Å²) in [4.78, 5) is 4.13. The second kappa shape index (κ2) is 3.16. The zero-order chi connectivity index (χ0) is 8.27. The molecule has 2 nitrogen and oxygen atoms in total. The molecule has 0 amide bonds. The Bertz CT molecular complexity index is 269. The molecule has 1 aromatic rings. The standard InChI is InChI=1S/C9H10N2/c1-7-3-4-9(11-6-7)8(2)5-10/h3-4,6,8H,1-2H3. The first kappa shape index (κ1) is 7.74. The minimum absolute atomic E-state index is 0.101. The highest BCUT2D eigenvalue weighted by molar-refractivity contribution is 5.18. The Labute approximate surface area is 66.5 Å². The van der Waals surface area contributed by atoms with Gasteiger partial charge in [-0.15, -0.1) is 0 Å². The van der Waals surface area contributed by atoms with Crippen LogP contribution in [0.5, 0.6) is 0 Å². The second-order valence-electron chi connectivity index (χ2n) is 2.61. The van der Waals surface area contributed by atoms with Crippen LogP contribution in [0.3, 0.4) is 0 Å². The molecule has 0 fully saturated rings. The fourth-order valence-corrected chi connectivity index (χ4v) is 0.802. The minimum Gasteiger partial charge on any atom is -0.260 e. The highest BCUT2D eigenvalue weighted by atomic mass is 14.7. The van der Waals surface area contributed by atoms with Crippen LogP contribution in [-0.4, -0.2) is 4.98 Å². The van der Waals surface area contributed by atoms with Gasteiger partial charge in [-0.1, -0.05) is 6.07 Å². The van der Waals surface area contributed by atoms with E-state index in [1.54, 1.807) is 6.20 Å². The van der Waals surface area contributed by atoms with E-state index in [-0.39, 0.29) is 5.92 Å². The molecule has 1 aromatic heterocycles. The average molecular weight is 146 g/mol. The van der Waals surface area contributed by atoms with Gasteiger partial charge in [0, 0.05) is 6.20 Å². The molecule has 2 heteroatoms. The van der Waals surface area contributed by atoms with E-state index in [0.29, 0.717) is 0 Å².